The molecule has 6 nitrogen and oxygen atoms in total. The summed E-state index contributed by atoms with van der Waals surface area (Å²) < 4.78 is 19.1. The van der Waals surface area contributed by atoms with Gasteiger partial charge in [0.25, 0.3) is 11.8 Å². The van der Waals surface area contributed by atoms with Gasteiger partial charge >= 0.3 is 0 Å². The van der Waals surface area contributed by atoms with Crippen LogP contribution in [0.4, 0.5) is 10.1 Å². The monoisotopic (exact) mass is 401 g/mol. The van der Waals surface area contributed by atoms with E-state index >= 15 is 0 Å². The van der Waals surface area contributed by atoms with E-state index in [1.807, 2.05) is 0 Å². The van der Waals surface area contributed by atoms with Gasteiger partial charge < -0.3 is 15.4 Å². The molecule has 1 aliphatic rings. The highest BCUT2D eigenvalue weighted by molar-refractivity contribution is 7.80. The van der Waals surface area contributed by atoms with E-state index in [2.05, 4.69) is 16.0 Å². The lowest BCUT2D eigenvalue weighted by Crippen LogP contribution is -2.34. The molecule has 1 atom stereocenters. The molecule has 1 saturated heterocycles. The highest BCUT2D eigenvalue weighted by atomic mass is 32.1. The summed E-state index contributed by atoms with van der Waals surface area (Å²) in [5.41, 5.74) is 1.00. The minimum Gasteiger partial charge on any atom is -0.376 e. The number of thiocarbonyl (C=S) groups is 1. The van der Waals surface area contributed by atoms with E-state index in [1.165, 1.54) is 18.2 Å². The van der Waals surface area contributed by atoms with E-state index in [-0.39, 0.29) is 22.7 Å². The molecule has 3 N–H and O–H groups in total. The van der Waals surface area contributed by atoms with Crippen LogP contribution in [-0.2, 0) is 4.74 Å². The van der Waals surface area contributed by atoms with Crippen molar-refractivity contribution < 1.29 is 18.7 Å². The fourth-order valence-corrected chi connectivity index (χ4v) is 3.01. The number of anilines is 1. The standard InChI is InChI=1S/C20H20FN3O3S/c21-17-6-2-1-5-16(17)19(26)24-20(28)23-14-9-7-13(8-10-14)18(25)22-12-15-4-3-11-27-15/h1-2,5-10,15H,3-4,11-12H2,(H,22,25)(H2,23,24,26,28). The summed E-state index contributed by atoms with van der Waals surface area (Å²) in [4.78, 5) is 24.2. The second-order valence-corrected chi connectivity index (χ2v) is 6.72. The lowest BCUT2D eigenvalue weighted by atomic mass is 10.2. The van der Waals surface area contributed by atoms with Gasteiger partial charge in [0.05, 0.1) is 11.7 Å². The molecule has 8 heteroatoms. The van der Waals surface area contributed by atoms with Gasteiger partial charge in [-0.05, 0) is 61.5 Å². The lowest BCUT2D eigenvalue weighted by molar-refractivity contribution is 0.0857. The van der Waals surface area contributed by atoms with E-state index in [0.29, 0.717) is 17.8 Å². The Balaban J connectivity index is 1.50. The van der Waals surface area contributed by atoms with Gasteiger partial charge in [-0.2, -0.15) is 0 Å². The van der Waals surface area contributed by atoms with Crippen LogP contribution in [0.1, 0.15) is 33.6 Å². The van der Waals surface area contributed by atoms with Crippen molar-refractivity contribution in [1.82, 2.24) is 10.6 Å². The van der Waals surface area contributed by atoms with Crippen molar-refractivity contribution in [2.24, 2.45) is 0 Å². The van der Waals surface area contributed by atoms with Gasteiger partial charge in [-0.1, -0.05) is 12.1 Å². The Bertz CT molecular complexity index is 867. The number of amides is 2. The largest absolute Gasteiger partial charge is 0.376 e. The third kappa shape index (κ3) is 5.34. The summed E-state index contributed by atoms with van der Waals surface area (Å²) in [7, 11) is 0. The third-order valence-corrected chi connectivity index (χ3v) is 4.47. The molecule has 3 rings (SSSR count). The van der Waals surface area contributed by atoms with Crippen LogP contribution in [-0.4, -0.2) is 36.2 Å². The molecule has 0 bridgehead atoms. The molecule has 0 radical (unpaired) electrons. The number of ether oxygens (including phenoxy) is 1. The molecular formula is C20H20FN3O3S. The van der Waals surface area contributed by atoms with E-state index < -0.39 is 11.7 Å². The van der Waals surface area contributed by atoms with Crippen LogP contribution in [0.25, 0.3) is 0 Å². The second kappa shape index (κ2) is 9.38. The minimum atomic E-state index is -0.638. The van der Waals surface area contributed by atoms with E-state index in [0.717, 1.165) is 19.4 Å². The zero-order valence-corrected chi connectivity index (χ0v) is 15.9. The molecule has 2 amide bonds. The molecule has 0 spiro atoms. The van der Waals surface area contributed by atoms with E-state index in [9.17, 15) is 14.0 Å². The minimum absolute atomic E-state index is 0.0313. The number of carbonyl (C=O) groups is 2. The van der Waals surface area contributed by atoms with Crippen molar-refractivity contribution in [3.63, 3.8) is 0 Å². The third-order valence-electron chi connectivity index (χ3n) is 4.26. The Morgan fingerprint density at radius 1 is 1.11 bits per heavy atom. The lowest BCUT2D eigenvalue weighted by Gasteiger charge is -2.12. The van der Waals surface area contributed by atoms with Crippen molar-refractivity contribution in [3.05, 3.63) is 65.5 Å². The predicted octanol–water partition coefficient (Wildman–Crippen LogP) is 2.86. The molecule has 0 saturated carbocycles. The van der Waals surface area contributed by atoms with Gasteiger partial charge in [-0.15, -0.1) is 0 Å². The first-order valence-electron chi connectivity index (χ1n) is 8.89. The Morgan fingerprint density at radius 2 is 1.86 bits per heavy atom. The van der Waals surface area contributed by atoms with Gasteiger partial charge in [0.2, 0.25) is 0 Å². The smallest absolute Gasteiger partial charge is 0.260 e. The van der Waals surface area contributed by atoms with Crippen molar-refractivity contribution in [2.75, 3.05) is 18.5 Å². The van der Waals surface area contributed by atoms with Crippen molar-refractivity contribution in [1.29, 1.82) is 0 Å². The van der Waals surface area contributed by atoms with Gasteiger partial charge in [0, 0.05) is 24.4 Å². The zero-order valence-electron chi connectivity index (χ0n) is 15.0. The summed E-state index contributed by atoms with van der Waals surface area (Å²) >= 11 is 5.08. The van der Waals surface area contributed by atoms with E-state index in [1.54, 1.807) is 30.3 Å². The van der Waals surface area contributed by atoms with Gasteiger partial charge in [-0.3, -0.25) is 14.9 Å². The van der Waals surface area contributed by atoms with Crippen molar-refractivity contribution >= 4 is 34.8 Å². The molecule has 1 aliphatic heterocycles. The quantitative estimate of drug-likeness (QED) is 0.672. The van der Waals surface area contributed by atoms with Crippen molar-refractivity contribution in [2.45, 2.75) is 18.9 Å². The average Bonchev–Trinajstić information content (AvgIpc) is 3.20. The van der Waals surface area contributed by atoms with Crippen LogP contribution in [0.5, 0.6) is 0 Å². The molecular weight excluding hydrogens is 381 g/mol. The van der Waals surface area contributed by atoms with Crippen LogP contribution < -0.4 is 16.0 Å². The highest BCUT2D eigenvalue weighted by Crippen LogP contribution is 2.12. The van der Waals surface area contributed by atoms with Crippen molar-refractivity contribution in [3.8, 4) is 0 Å². The fourth-order valence-electron chi connectivity index (χ4n) is 2.80. The number of benzene rings is 2. The first kappa shape index (κ1) is 19.9. The summed E-state index contributed by atoms with van der Waals surface area (Å²) in [5, 5.41) is 8.13. The second-order valence-electron chi connectivity index (χ2n) is 6.31. The van der Waals surface area contributed by atoms with Crippen LogP contribution in [0.3, 0.4) is 0 Å². The number of hydrogen-bond donors (Lipinski definition) is 3. The Labute approximate surface area is 167 Å². The number of halogens is 1. The highest BCUT2D eigenvalue weighted by Gasteiger charge is 2.17. The normalized spacial score (nSPS) is 15.7. The van der Waals surface area contributed by atoms with Gasteiger partial charge in [0.1, 0.15) is 5.82 Å². The number of hydrogen-bond acceptors (Lipinski definition) is 4. The predicted molar refractivity (Wildman–Crippen MR) is 108 cm³/mol. The molecule has 28 heavy (non-hydrogen) atoms. The molecule has 1 unspecified atom stereocenters. The first-order chi connectivity index (χ1) is 13.5. The summed E-state index contributed by atoms with van der Waals surface area (Å²) in [6.45, 7) is 1.24. The Kier molecular flexibility index (Phi) is 6.67. The molecule has 2 aromatic carbocycles. The number of nitrogens with one attached hydrogen (secondary N) is 3. The van der Waals surface area contributed by atoms with Gasteiger partial charge in [0.15, 0.2) is 5.11 Å². The molecule has 2 aromatic rings. The maximum absolute atomic E-state index is 13.6. The van der Waals surface area contributed by atoms with Crippen LogP contribution >= 0.6 is 12.2 Å². The molecule has 0 aliphatic carbocycles. The van der Waals surface area contributed by atoms with E-state index in [4.69, 9.17) is 17.0 Å². The van der Waals surface area contributed by atoms with Crippen LogP contribution in [0.15, 0.2) is 48.5 Å². The summed E-state index contributed by atoms with van der Waals surface area (Å²) in [6, 6.07) is 12.3. The van der Waals surface area contributed by atoms with Crippen LogP contribution in [0, 0.1) is 5.82 Å². The Hall–Kier alpha value is -2.84. The molecule has 1 heterocycles. The molecule has 146 valence electrons. The van der Waals surface area contributed by atoms with Gasteiger partial charge in [-0.25, -0.2) is 4.39 Å². The maximum atomic E-state index is 13.6. The fraction of sp³-hybridized carbons (Fsp3) is 0.250. The maximum Gasteiger partial charge on any atom is 0.260 e. The van der Waals surface area contributed by atoms with Crippen LogP contribution in [0.2, 0.25) is 0 Å². The SMILES string of the molecule is O=C(NCC1CCCO1)c1ccc(NC(=S)NC(=O)c2ccccc2F)cc1. The summed E-state index contributed by atoms with van der Waals surface area (Å²) in [5.74, 6) is -1.45. The Morgan fingerprint density at radius 3 is 2.54 bits per heavy atom. The zero-order chi connectivity index (χ0) is 19.9. The summed E-state index contributed by atoms with van der Waals surface area (Å²) in [6.07, 6.45) is 2.06. The number of carbonyl (C=O) groups excluding carboxylic acids is 2. The molecule has 1 fully saturated rings. The molecule has 0 aromatic heterocycles. The average molecular weight is 401 g/mol. The number of rotatable bonds is 5. The topological polar surface area (TPSA) is 79.5 Å². The first-order valence-corrected chi connectivity index (χ1v) is 9.30.